The van der Waals surface area contributed by atoms with Crippen molar-refractivity contribution in [2.45, 2.75) is 26.4 Å². The predicted octanol–water partition coefficient (Wildman–Crippen LogP) is 7.23. The molecule has 6 aromatic rings. The van der Waals surface area contributed by atoms with Crippen LogP contribution in [0.5, 0.6) is 5.75 Å². The third kappa shape index (κ3) is 4.87. The number of thiazole rings is 1. The molecule has 0 radical (unpaired) electrons. The normalized spacial score (nSPS) is 12.1. The average Bonchev–Trinajstić information content (AvgIpc) is 3.58. The van der Waals surface area contributed by atoms with Crippen LogP contribution >= 0.6 is 11.3 Å². The van der Waals surface area contributed by atoms with Crippen molar-refractivity contribution in [1.82, 2.24) is 9.97 Å². The van der Waals surface area contributed by atoms with E-state index in [0.717, 1.165) is 26.9 Å². The highest BCUT2D eigenvalue weighted by Gasteiger charge is 2.25. The van der Waals surface area contributed by atoms with E-state index in [2.05, 4.69) is 15.3 Å². The van der Waals surface area contributed by atoms with Crippen LogP contribution in [-0.4, -0.2) is 34.6 Å². The largest absolute Gasteiger partial charge is 0.494 e. The van der Waals surface area contributed by atoms with Gasteiger partial charge in [-0.15, -0.1) is 0 Å². The van der Waals surface area contributed by atoms with Gasteiger partial charge >= 0.3 is 5.97 Å². The van der Waals surface area contributed by atoms with E-state index in [0.29, 0.717) is 46.1 Å². The number of nitrogens with zero attached hydrogens (tertiary/aromatic N) is 2. The summed E-state index contributed by atoms with van der Waals surface area (Å²) in [6.07, 6.45) is -0.718. The first kappa shape index (κ1) is 25.5. The van der Waals surface area contributed by atoms with Crippen LogP contribution in [0.1, 0.15) is 30.6 Å². The van der Waals surface area contributed by atoms with Crippen molar-refractivity contribution in [2.75, 3.05) is 11.9 Å². The molecule has 6 rings (SSSR count). The third-order valence-electron chi connectivity index (χ3n) is 6.46. The summed E-state index contributed by atoms with van der Waals surface area (Å²) in [5, 5.41) is 4.70. The number of amides is 1. The van der Waals surface area contributed by atoms with Crippen LogP contribution in [0.3, 0.4) is 0 Å². The lowest BCUT2D eigenvalue weighted by Crippen LogP contribution is -2.32. The number of nitrogens with one attached hydrogen (secondary N) is 1. The van der Waals surface area contributed by atoms with E-state index in [-0.39, 0.29) is 0 Å². The summed E-state index contributed by atoms with van der Waals surface area (Å²) in [4.78, 5) is 35.7. The fourth-order valence-corrected chi connectivity index (χ4v) is 5.49. The fourth-order valence-electron chi connectivity index (χ4n) is 4.59. The predicted molar refractivity (Wildman–Crippen MR) is 156 cm³/mol. The summed E-state index contributed by atoms with van der Waals surface area (Å²) < 4.78 is 18.2. The molecular weight excluding hydrogens is 526 g/mol. The maximum Gasteiger partial charge on any atom is 0.339 e. The van der Waals surface area contributed by atoms with Crippen LogP contribution in [0.15, 0.2) is 83.3 Å². The molecule has 0 spiro atoms. The molecule has 4 aromatic carbocycles. The maximum atomic E-state index is 13.5. The lowest BCUT2D eigenvalue weighted by atomic mass is 9.99. The van der Waals surface area contributed by atoms with E-state index in [1.165, 1.54) is 11.3 Å². The minimum absolute atomic E-state index is 0.291. The number of hydrogen-bond donors (Lipinski definition) is 1. The Morgan fingerprint density at radius 2 is 1.77 bits per heavy atom. The first-order chi connectivity index (χ1) is 19.5. The van der Waals surface area contributed by atoms with E-state index in [9.17, 15) is 9.59 Å². The lowest BCUT2D eigenvalue weighted by molar-refractivity contribution is -0.124. The molecule has 0 aliphatic rings. The number of esters is 1. The molecule has 0 saturated carbocycles. The number of aromatic nitrogens is 2. The molecule has 0 fully saturated rings. The summed E-state index contributed by atoms with van der Waals surface area (Å²) in [6, 6.07) is 24.1. The lowest BCUT2D eigenvalue weighted by Gasteiger charge is -2.16. The first-order valence-corrected chi connectivity index (χ1v) is 13.8. The minimum Gasteiger partial charge on any atom is -0.494 e. The summed E-state index contributed by atoms with van der Waals surface area (Å²) >= 11 is 1.33. The second kappa shape index (κ2) is 10.8. The molecule has 9 heteroatoms. The highest BCUT2D eigenvalue weighted by molar-refractivity contribution is 7.22. The van der Waals surface area contributed by atoms with Gasteiger partial charge in [-0.1, -0.05) is 54.7 Å². The highest BCUT2D eigenvalue weighted by Crippen LogP contribution is 2.34. The molecule has 0 saturated heterocycles. The van der Waals surface area contributed by atoms with E-state index < -0.39 is 18.0 Å². The molecule has 1 amide bonds. The van der Waals surface area contributed by atoms with Crippen molar-refractivity contribution in [3.8, 4) is 17.2 Å². The molecule has 200 valence electrons. The molecule has 0 aliphatic heterocycles. The van der Waals surface area contributed by atoms with E-state index >= 15 is 0 Å². The van der Waals surface area contributed by atoms with Gasteiger partial charge in [0.15, 0.2) is 16.8 Å². The fraction of sp³-hybridized carbons (Fsp3) is 0.161. The molecule has 2 aromatic heterocycles. The molecule has 0 bridgehead atoms. The van der Waals surface area contributed by atoms with Crippen LogP contribution in [0.25, 0.3) is 43.5 Å². The zero-order chi connectivity index (χ0) is 27.6. The number of benzene rings is 4. The second-order valence-corrected chi connectivity index (χ2v) is 10.1. The number of para-hydroxylation sites is 2. The van der Waals surface area contributed by atoms with E-state index in [4.69, 9.17) is 13.9 Å². The van der Waals surface area contributed by atoms with Crippen LogP contribution in [-0.2, 0) is 9.53 Å². The van der Waals surface area contributed by atoms with Gasteiger partial charge in [-0.05, 0) is 61.2 Å². The van der Waals surface area contributed by atoms with Gasteiger partial charge in [0, 0.05) is 10.9 Å². The quantitative estimate of drug-likeness (QED) is 0.199. The average molecular weight is 552 g/mol. The molecule has 2 heterocycles. The zero-order valence-electron chi connectivity index (χ0n) is 21.8. The van der Waals surface area contributed by atoms with Gasteiger partial charge in [0.2, 0.25) is 5.89 Å². The van der Waals surface area contributed by atoms with Crippen LogP contribution in [0, 0.1) is 0 Å². The van der Waals surface area contributed by atoms with Gasteiger partial charge in [0.1, 0.15) is 11.3 Å². The Bertz CT molecular complexity index is 1840. The number of carbonyl (C=O) groups excluding carboxylic acids is 2. The molecule has 8 nitrogen and oxygen atoms in total. The SMILES string of the molecule is CCOc1ccc2nc(NC(=O)C(CC)OC(=O)c3cccc4cccc(-c5nc6ccccc6o5)c34)sc2c1. The molecule has 1 unspecified atom stereocenters. The van der Waals surface area contributed by atoms with Crippen molar-refractivity contribution in [3.05, 3.63) is 84.4 Å². The number of anilines is 1. The summed E-state index contributed by atoms with van der Waals surface area (Å²) in [7, 11) is 0. The smallest absolute Gasteiger partial charge is 0.339 e. The summed E-state index contributed by atoms with van der Waals surface area (Å²) in [5.74, 6) is 0.0885. The van der Waals surface area contributed by atoms with Crippen LogP contribution in [0.2, 0.25) is 0 Å². The standard InChI is InChI=1S/C31H25N3O5S/c1-3-24(28(35)34-31-33-23-16-15-19(37-4-2)17-26(23)40-31)39-30(36)21-12-8-10-18-9-7-11-20(27(18)21)29-32-22-13-5-6-14-25(22)38-29/h5-17,24H,3-4H2,1-2H3,(H,33,34,35). The van der Waals surface area contributed by atoms with Gasteiger partial charge < -0.3 is 13.9 Å². The Hall–Kier alpha value is -4.76. The van der Waals surface area contributed by atoms with Gasteiger partial charge in [-0.2, -0.15) is 0 Å². The Labute approximate surface area is 233 Å². The van der Waals surface area contributed by atoms with Crippen molar-refractivity contribution in [3.63, 3.8) is 0 Å². The Morgan fingerprint density at radius 3 is 2.58 bits per heavy atom. The van der Waals surface area contributed by atoms with Crippen molar-refractivity contribution < 1.29 is 23.5 Å². The van der Waals surface area contributed by atoms with Crippen LogP contribution in [0.4, 0.5) is 5.13 Å². The van der Waals surface area contributed by atoms with Crippen LogP contribution < -0.4 is 10.1 Å². The van der Waals surface area contributed by atoms with Crippen molar-refractivity contribution in [1.29, 1.82) is 0 Å². The minimum atomic E-state index is -1.01. The number of fused-ring (bicyclic) bond motifs is 3. The number of rotatable bonds is 8. The number of oxazole rings is 1. The number of ether oxygens (including phenoxy) is 2. The van der Waals surface area contributed by atoms with Gasteiger partial charge in [-0.3, -0.25) is 10.1 Å². The molecule has 0 aliphatic carbocycles. The monoisotopic (exact) mass is 551 g/mol. The Morgan fingerprint density at radius 1 is 0.950 bits per heavy atom. The first-order valence-electron chi connectivity index (χ1n) is 13.0. The molecule has 1 N–H and O–H groups in total. The Kier molecular flexibility index (Phi) is 6.88. The highest BCUT2D eigenvalue weighted by atomic mass is 32.1. The molecule has 1 atom stereocenters. The summed E-state index contributed by atoms with van der Waals surface area (Å²) in [6.45, 7) is 4.27. The zero-order valence-corrected chi connectivity index (χ0v) is 22.7. The topological polar surface area (TPSA) is 104 Å². The number of carbonyl (C=O) groups is 2. The Balaban J connectivity index is 1.27. The third-order valence-corrected chi connectivity index (χ3v) is 7.40. The van der Waals surface area contributed by atoms with E-state index in [1.807, 2.05) is 73.7 Å². The second-order valence-electron chi connectivity index (χ2n) is 9.07. The molecular formula is C31H25N3O5S. The van der Waals surface area contributed by atoms with Gasteiger partial charge in [0.25, 0.3) is 5.91 Å². The van der Waals surface area contributed by atoms with Crippen molar-refractivity contribution in [2.24, 2.45) is 0 Å². The van der Waals surface area contributed by atoms with Gasteiger partial charge in [-0.25, -0.2) is 14.8 Å². The summed E-state index contributed by atoms with van der Waals surface area (Å²) in [5.41, 5.74) is 3.11. The van der Waals surface area contributed by atoms with Gasteiger partial charge in [0.05, 0.1) is 22.4 Å². The molecule has 40 heavy (non-hydrogen) atoms. The van der Waals surface area contributed by atoms with E-state index in [1.54, 1.807) is 19.1 Å². The maximum absolute atomic E-state index is 13.5. The number of hydrogen-bond acceptors (Lipinski definition) is 8. The van der Waals surface area contributed by atoms with Crippen molar-refractivity contribution >= 4 is 60.4 Å².